The summed E-state index contributed by atoms with van der Waals surface area (Å²) in [7, 11) is 1.59. The van der Waals surface area contributed by atoms with Crippen molar-refractivity contribution in [2.45, 2.75) is 0 Å². The lowest BCUT2D eigenvalue weighted by Gasteiger charge is -2.07. The molecule has 0 aliphatic rings. The van der Waals surface area contributed by atoms with Gasteiger partial charge in [0.05, 0.1) is 18.0 Å². The highest BCUT2D eigenvalue weighted by Gasteiger charge is 2.14. The fourth-order valence-electron chi connectivity index (χ4n) is 1.28. The predicted molar refractivity (Wildman–Crippen MR) is 58.2 cm³/mol. The number of hydrogen-bond donors (Lipinski definition) is 2. The molecule has 1 amide bonds. The summed E-state index contributed by atoms with van der Waals surface area (Å²) in [6.07, 6.45) is 3.63. The second-order valence-corrected chi connectivity index (χ2v) is 3.17. The largest absolute Gasteiger partial charge is 0.372 e. The first kappa shape index (κ1) is 11.1. The van der Waals surface area contributed by atoms with Crippen LogP contribution in [-0.4, -0.2) is 23.1 Å². The zero-order chi connectivity index (χ0) is 12.3. The first-order valence-electron chi connectivity index (χ1n) is 4.74. The van der Waals surface area contributed by atoms with Gasteiger partial charge >= 0.3 is 0 Å². The van der Waals surface area contributed by atoms with E-state index in [0.717, 1.165) is 12.3 Å². The van der Waals surface area contributed by atoms with Crippen LogP contribution < -0.4 is 10.6 Å². The number of pyridine rings is 1. The molecule has 2 N–H and O–H groups in total. The van der Waals surface area contributed by atoms with E-state index in [9.17, 15) is 9.18 Å². The van der Waals surface area contributed by atoms with Crippen molar-refractivity contribution in [2.75, 3.05) is 17.7 Å². The first-order chi connectivity index (χ1) is 8.20. The molecule has 0 radical (unpaired) electrons. The molecule has 2 rings (SSSR count). The summed E-state index contributed by atoms with van der Waals surface area (Å²) in [5.74, 6) is -0.788. The molecule has 6 nitrogen and oxygen atoms in total. The molecule has 0 saturated carbocycles. The van der Waals surface area contributed by atoms with Crippen LogP contribution in [-0.2, 0) is 0 Å². The topological polar surface area (TPSA) is 80.0 Å². The lowest BCUT2D eigenvalue weighted by Crippen LogP contribution is -2.14. The molecular formula is C10H9FN4O2. The average Bonchev–Trinajstić information content (AvgIpc) is 2.81. The van der Waals surface area contributed by atoms with Gasteiger partial charge < -0.3 is 15.2 Å². The molecule has 0 bridgehead atoms. The monoisotopic (exact) mass is 236 g/mol. The van der Waals surface area contributed by atoms with E-state index < -0.39 is 11.7 Å². The third-order valence-corrected chi connectivity index (χ3v) is 2.03. The Balaban J connectivity index is 2.26. The van der Waals surface area contributed by atoms with Crippen molar-refractivity contribution in [1.82, 2.24) is 10.1 Å². The van der Waals surface area contributed by atoms with E-state index in [1.165, 1.54) is 12.5 Å². The van der Waals surface area contributed by atoms with Gasteiger partial charge in [0.2, 0.25) is 0 Å². The summed E-state index contributed by atoms with van der Waals surface area (Å²) in [6.45, 7) is 0. The first-order valence-corrected chi connectivity index (χ1v) is 4.74. The highest BCUT2D eigenvalue weighted by molar-refractivity contribution is 6.07. The third kappa shape index (κ3) is 2.39. The minimum atomic E-state index is -0.584. The molecule has 0 atom stereocenters. The number of anilines is 2. The van der Waals surface area contributed by atoms with Gasteiger partial charge in [-0.3, -0.25) is 4.79 Å². The van der Waals surface area contributed by atoms with Gasteiger partial charge in [0.15, 0.2) is 0 Å². The van der Waals surface area contributed by atoms with Crippen molar-refractivity contribution in [1.29, 1.82) is 0 Å². The van der Waals surface area contributed by atoms with Crippen molar-refractivity contribution < 1.29 is 13.7 Å². The van der Waals surface area contributed by atoms with Crippen molar-refractivity contribution in [3.8, 4) is 0 Å². The fraction of sp³-hybridized carbons (Fsp3) is 0.100. The standard InChI is InChI=1S/C10H9FN4O2/c1-12-9-8(2-6(11)3-13-9)10(16)15-7-4-14-17-5-7/h2-5H,1H3,(H,12,13)(H,15,16). The predicted octanol–water partition coefficient (Wildman–Crippen LogP) is 1.50. The Hall–Kier alpha value is -2.44. The number of carbonyl (C=O) groups is 1. The Bertz CT molecular complexity index is 527. The third-order valence-electron chi connectivity index (χ3n) is 2.03. The molecule has 2 aromatic rings. The molecular weight excluding hydrogens is 227 g/mol. The van der Waals surface area contributed by atoms with E-state index in [2.05, 4.69) is 25.3 Å². The number of nitrogens with zero attached hydrogens (tertiary/aromatic N) is 2. The van der Waals surface area contributed by atoms with Crippen LogP contribution in [0, 0.1) is 5.82 Å². The number of aromatic nitrogens is 2. The average molecular weight is 236 g/mol. The lowest BCUT2D eigenvalue weighted by atomic mass is 10.2. The van der Waals surface area contributed by atoms with Crippen LogP contribution in [0.4, 0.5) is 15.9 Å². The van der Waals surface area contributed by atoms with Crippen LogP contribution in [0.1, 0.15) is 10.4 Å². The minimum absolute atomic E-state index is 0.105. The summed E-state index contributed by atoms with van der Waals surface area (Å²) >= 11 is 0. The maximum Gasteiger partial charge on any atom is 0.259 e. The zero-order valence-corrected chi connectivity index (χ0v) is 8.90. The zero-order valence-electron chi connectivity index (χ0n) is 8.90. The molecule has 0 aliphatic carbocycles. The fourth-order valence-corrected chi connectivity index (χ4v) is 1.28. The van der Waals surface area contributed by atoms with Crippen LogP contribution in [0.15, 0.2) is 29.2 Å². The molecule has 2 aromatic heterocycles. The van der Waals surface area contributed by atoms with Crippen molar-refractivity contribution >= 4 is 17.4 Å². The van der Waals surface area contributed by atoms with Crippen molar-refractivity contribution in [2.24, 2.45) is 0 Å². The summed E-state index contributed by atoms with van der Waals surface area (Å²) in [5, 5.41) is 8.64. The van der Waals surface area contributed by atoms with Gasteiger partial charge in [0.1, 0.15) is 23.6 Å². The van der Waals surface area contributed by atoms with Gasteiger partial charge in [-0.25, -0.2) is 9.37 Å². The van der Waals surface area contributed by atoms with Crippen molar-refractivity contribution in [3.63, 3.8) is 0 Å². The molecule has 0 unspecified atom stereocenters. The molecule has 2 heterocycles. The second-order valence-electron chi connectivity index (χ2n) is 3.17. The molecule has 0 saturated heterocycles. The Morgan fingerprint density at radius 3 is 2.94 bits per heavy atom. The lowest BCUT2D eigenvalue weighted by molar-refractivity contribution is 0.102. The molecule has 7 heteroatoms. The van der Waals surface area contributed by atoms with E-state index in [1.54, 1.807) is 7.05 Å². The van der Waals surface area contributed by atoms with Gasteiger partial charge in [-0.05, 0) is 6.07 Å². The summed E-state index contributed by atoms with van der Waals surface area (Å²) in [4.78, 5) is 15.6. The van der Waals surface area contributed by atoms with Crippen LogP contribution in [0.2, 0.25) is 0 Å². The maximum absolute atomic E-state index is 13.0. The number of amides is 1. The maximum atomic E-state index is 13.0. The molecule has 88 valence electrons. The SMILES string of the molecule is CNc1ncc(F)cc1C(=O)Nc1cnoc1. The molecule has 0 spiro atoms. The highest BCUT2D eigenvalue weighted by Crippen LogP contribution is 2.15. The highest BCUT2D eigenvalue weighted by atomic mass is 19.1. The number of rotatable bonds is 3. The molecule has 0 fully saturated rings. The summed E-state index contributed by atoms with van der Waals surface area (Å²) in [6, 6.07) is 1.10. The minimum Gasteiger partial charge on any atom is -0.372 e. The molecule has 0 aromatic carbocycles. The van der Waals surface area contributed by atoms with Crippen LogP contribution in [0.3, 0.4) is 0 Å². The van der Waals surface area contributed by atoms with Gasteiger partial charge in [-0.2, -0.15) is 0 Å². The van der Waals surface area contributed by atoms with E-state index in [-0.39, 0.29) is 5.56 Å². The van der Waals surface area contributed by atoms with Gasteiger partial charge in [-0.15, -0.1) is 0 Å². The summed E-state index contributed by atoms with van der Waals surface area (Å²) < 4.78 is 17.6. The van der Waals surface area contributed by atoms with E-state index in [0.29, 0.717) is 11.5 Å². The van der Waals surface area contributed by atoms with Gasteiger partial charge in [0, 0.05) is 7.05 Å². The van der Waals surface area contributed by atoms with Crippen molar-refractivity contribution in [3.05, 3.63) is 36.1 Å². The quantitative estimate of drug-likeness (QED) is 0.844. The van der Waals surface area contributed by atoms with Crippen LogP contribution in [0.5, 0.6) is 0 Å². The van der Waals surface area contributed by atoms with E-state index in [4.69, 9.17) is 0 Å². The normalized spacial score (nSPS) is 10.0. The Morgan fingerprint density at radius 2 is 2.29 bits per heavy atom. The Kier molecular flexibility index (Phi) is 2.99. The second kappa shape index (κ2) is 4.60. The van der Waals surface area contributed by atoms with Gasteiger partial charge in [-0.1, -0.05) is 5.16 Å². The Morgan fingerprint density at radius 1 is 1.47 bits per heavy atom. The number of carbonyl (C=O) groups excluding carboxylic acids is 1. The van der Waals surface area contributed by atoms with E-state index >= 15 is 0 Å². The number of hydrogen-bond acceptors (Lipinski definition) is 5. The Labute approximate surface area is 95.8 Å². The summed E-state index contributed by atoms with van der Waals surface area (Å²) in [5.41, 5.74) is 0.495. The smallest absolute Gasteiger partial charge is 0.259 e. The van der Waals surface area contributed by atoms with E-state index in [1.807, 2.05) is 0 Å². The molecule has 17 heavy (non-hydrogen) atoms. The van der Waals surface area contributed by atoms with Crippen LogP contribution in [0.25, 0.3) is 0 Å². The van der Waals surface area contributed by atoms with Gasteiger partial charge in [0.25, 0.3) is 5.91 Å². The van der Waals surface area contributed by atoms with Crippen LogP contribution >= 0.6 is 0 Å². The molecule has 0 aliphatic heterocycles. The number of nitrogens with one attached hydrogen (secondary N) is 2. The number of halogens is 1.